The number of fused-ring (bicyclic) bond motifs is 1. The molecule has 26 heavy (non-hydrogen) atoms. The Morgan fingerprint density at radius 1 is 0.962 bits per heavy atom. The lowest BCUT2D eigenvalue weighted by Crippen LogP contribution is -2.25. The summed E-state index contributed by atoms with van der Waals surface area (Å²) < 4.78 is 5.71. The molecule has 0 bridgehead atoms. The van der Waals surface area contributed by atoms with E-state index in [0.717, 1.165) is 38.2 Å². The van der Waals surface area contributed by atoms with Crippen molar-refractivity contribution in [3.05, 3.63) is 72.2 Å². The largest absolute Gasteiger partial charge is 0.379 e. The van der Waals surface area contributed by atoms with E-state index in [1.165, 1.54) is 16.5 Å². The van der Waals surface area contributed by atoms with Gasteiger partial charge in [0.1, 0.15) is 0 Å². The second-order valence-corrected chi connectivity index (χ2v) is 6.83. The average Bonchev–Trinajstić information content (AvgIpc) is 2.66. The van der Waals surface area contributed by atoms with Crippen molar-refractivity contribution in [3.8, 4) is 0 Å². The molecule has 0 spiro atoms. The Labute approximate surface area is 155 Å². The van der Waals surface area contributed by atoms with Crippen molar-refractivity contribution >= 4 is 10.9 Å². The summed E-state index contributed by atoms with van der Waals surface area (Å²) in [7, 11) is 0. The van der Waals surface area contributed by atoms with Gasteiger partial charge in [0.2, 0.25) is 0 Å². The minimum absolute atomic E-state index is 0.283. The van der Waals surface area contributed by atoms with Gasteiger partial charge < -0.3 is 4.74 Å². The molecular formula is C22H27N3O. The molecule has 2 aromatic heterocycles. The van der Waals surface area contributed by atoms with Crippen LogP contribution in [0.25, 0.3) is 10.9 Å². The highest BCUT2D eigenvalue weighted by atomic mass is 16.5. The van der Waals surface area contributed by atoms with Crippen LogP contribution in [0.3, 0.4) is 0 Å². The van der Waals surface area contributed by atoms with E-state index < -0.39 is 0 Å². The van der Waals surface area contributed by atoms with E-state index in [1.54, 1.807) is 0 Å². The van der Waals surface area contributed by atoms with E-state index in [4.69, 9.17) is 4.74 Å². The second kappa shape index (κ2) is 9.41. The van der Waals surface area contributed by atoms with Crippen molar-refractivity contribution in [2.75, 3.05) is 13.2 Å². The maximum absolute atomic E-state index is 5.71. The summed E-state index contributed by atoms with van der Waals surface area (Å²) in [4.78, 5) is 11.2. The number of hydrogen-bond acceptors (Lipinski definition) is 4. The average molecular weight is 349 g/mol. The monoisotopic (exact) mass is 349 g/mol. The SMILES string of the molecule is CC(C)OCCCN(Cc1ccncc1)Cc1cccc2cccnc12. The lowest BCUT2D eigenvalue weighted by molar-refractivity contribution is 0.0693. The van der Waals surface area contributed by atoms with E-state index in [2.05, 4.69) is 65.1 Å². The van der Waals surface area contributed by atoms with E-state index >= 15 is 0 Å². The van der Waals surface area contributed by atoms with Gasteiger partial charge in [-0.2, -0.15) is 0 Å². The Bertz CT molecular complexity index is 799. The highest BCUT2D eigenvalue weighted by molar-refractivity contribution is 5.81. The van der Waals surface area contributed by atoms with Crippen LogP contribution in [0.15, 0.2) is 61.1 Å². The molecule has 4 nitrogen and oxygen atoms in total. The highest BCUT2D eigenvalue weighted by Crippen LogP contribution is 2.19. The Balaban J connectivity index is 1.73. The first-order valence-corrected chi connectivity index (χ1v) is 9.28. The van der Waals surface area contributed by atoms with Crippen LogP contribution in [0, 0.1) is 0 Å². The smallest absolute Gasteiger partial charge is 0.0746 e. The van der Waals surface area contributed by atoms with Crippen LogP contribution in [0.4, 0.5) is 0 Å². The van der Waals surface area contributed by atoms with E-state index in [1.807, 2.05) is 24.7 Å². The Morgan fingerprint density at radius 2 is 1.77 bits per heavy atom. The summed E-state index contributed by atoms with van der Waals surface area (Å²) in [5.74, 6) is 0. The maximum atomic E-state index is 5.71. The summed E-state index contributed by atoms with van der Waals surface area (Å²) >= 11 is 0. The molecule has 3 rings (SSSR count). The minimum atomic E-state index is 0.283. The molecule has 0 N–H and O–H groups in total. The van der Waals surface area contributed by atoms with E-state index in [0.29, 0.717) is 0 Å². The second-order valence-electron chi connectivity index (χ2n) is 6.83. The normalized spacial score (nSPS) is 11.5. The molecule has 0 aliphatic carbocycles. The van der Waals surface area contributed by atoms with Gasteiger partial charge in [0.25, 0.3) is 0 Å². The molecular weight excluding hydrogens is 322 g/mol. The quantitative estimate of drug-likeness (QED) is 0.535. The lowest BCUT2D eigenvalue weighted by Gasteiger charge is -2.23. The molecule has 3 aromatic rings. The number of para-hydroxylation sites is 1. The topological polar surface area (TPSA) is 38.2 Å². The number of benzene rings is 1. The fourth-order valence-electron chi connectivity index (χ4n) is 3.10. The van der Waals surface area contributed by atoms with Gasteiger partial charge in [0.15, 0.2) is 0 Å². The Kier molecular flexibility index (Phi) is 6.69. The Hall–Kier alpha value is -2.30. The molecule has 0 aliphatic rings. The van der Waals surface area contributed by atoms with Crippen LogP contribution in [0.1, 0.15) is 31.4 Å². The number of nitrogens with zero attached hydrogens (tertiary/aromatic N) is 3. The number of pyridine rings is 2. The van der Waals surface area contributed by atoms with Crippen molar-refractivity contribution < 1.29 is 4.74 Å². The van der Waals surface area contributed by atoms with Gasteiger partial charge in [-0.15, -0.1) is 0 Å². The zero-order valence-electron chi connectivity index (χ0n) is 15.6. The maximum Gasteiger partial charge on any atom is 0.0746 e. The lowest BCUT2D eigenvalue weighted by atomic mass is 10.1. The third kappa shape index (κ3) is 5.35. The minimum Gasteiger partial charge on any atom is -0.379 e. The highest BCUT2D eigenvalue weighted by Gasteiger charge is 2.10. The van der Waals surface area contributed by atoms with Crippen LogP contribution in [-0.2, 0) is 17.8 Å². The molecule has 136 valence electrons. The van der Waals surface area contributed by atoms with Crippen LogP contribution < -0.4 is 0 Å². The van der Waals surface area contributed by atoms with Gasteiger partial charge in [-0.25, -0.2) is 0 Å². The summed E-state index contributed by atoms with van der Waals surface area (Å²) in [6.07, 6.45) is 6.88. The fraction of sp³-hybridized carbons (Fsp3) is 0.364. The zero-order chi connectivity index (χ0) is 18.2. The van der Waals surface area contributed by atoms with Gasteiger partial charge in [-0.05, 0) is 49.6 Å². The van der Waals surface area contributed by atoms with Gasteiger partial charge >= 0.3 is 0 Å². The molecule has 0 amide bonds. The summed E-state index contributed by atoms with van der Waals surface area (Å²) in [5.41, 5.74) is 3.63. The Morgan fingerprint density at radius 3 is 2.58 bits per heavy atom. The van der Waals surface area contributed by atoms with Gasteiger partial charge in [-0.3, -0.25) is 14.9 Å². The van der Waals surface area contributed by atoms with Crippen molar-refractivity contribution in [2.24, 2.45) is 0 Å². The summed E-state index contributed by atoms with van der Waals surface area (Å²) in [5, 5.41) is 1.19. The number of ether oxygens (including phenoxy) is 1. The molecule has 1 aromatic carbocycles. The standard InChI is InChI=1S/C22H27N3O/c1-18(2)26-15-5-14-25(16-19-9-12-23-13-10-19)17-21-7-3-6-20-8-4-11-24-22(20)21/h3-4,6-13,18H,5,14-17H2,1-2H3. The molecule has 0 fully saturated rings. The van der Waals surface area contributed by atoms with Crippen LogP contribution in [-0.4, -0.2) is 34.1 Å². The van der Waals surface area contributed by atoms with E-state index in [9.17, 15) is 0 Å². The first-order valence-electron chi connectivity index (χ1n) is 9.28. The van der Waals surface area contributed by atoms with Gasteiger partial charge in [0.05, 0.1) is 11.6 Å². The van der Waals surface area contributed by atoms with Crippen LogP contribution >= 0.6 is 0 Å². The number of aromatic nitrogens is 2. The van der Waals surface area contributed by atoms with Crippen molar-refractivity contribution in [3.63, 3.8) is 0 Å². The van der Waals surface area contributed by atoms with Gasteiger partial charge in [-0.1, -0.05) is 24.3 Å². The molecule has 4 heteroatoms. The molecule has 0 aliphatic heterocycles. The van der Waals surface area contributed by atoms with Crippen molar-refractivity contribution in [2.45, 2.75) is 39.5 Å². The first kappa shape index (κ1) is 18.5. The van der Waals surface area contributed by atoms with Crippen molar-refractivity contribution in [1.29, 1.82) is 0 Å². The van der Waals surface area contributed by atoms with Crippen LogP contribution in [0.2, 0.25) is 0 Å². The third-order valence-corrected chi connectivity index (χ3v) is 4.34. The zero-order valence-corrected chi connectivity index (χ0v) is 15.6. The first-order chi connectivity index (χ1) is 12.7. The van der Waals surface area contributed by atoms with Crippen LogP contribution in [0.5, 0.6) is 0 Å². The third-order valence-electron chi connectivity index (χ3n) is 4.34. The molecule has 0 unspecified atom stereocenters. The molecule has 2 heterocycles. The van der Waals surface area contributed by atoms with E-state index in [-0.39, 0.29) is 6.10 Å². The van der Waals surface area contributed by atoms with Crippen molar-refractivity contribution in [1.82, 2.24) is 14.9 Å². The molecule has 0 atom stereocenters. The fourth-order valence-corrected chi connectivity index (χ4v) is 3.10. The molecule has 0 radical (unpaired) electrons. The predicted molar refractivity (Wildman–Crippen MR) is 106 cm³/mol. The number of rotatable bonds is 9. The summed E-state index contributed by atoms with van der Waals surface area (Å²) in [6, 6.07) is 14.7. The van der Waals surface area contributed by atoms with Gasteiger partial charge in [0, 0.05) is 50.2 Å². The number of hydrogen-bond donors (Lipinski definition) is 0. The molecule has 0 saturated heterocycles. The summed E-state index contributed by atoms with van der Waals surface area (Å²) in [6.45, 7) is 7.70. The molecule has 0 saturated carbocycles. The predicted octanol–water partition coefficient (Wildman–Crippen LogP) is 4.45.